The molecule has 21 heavy (non-hydrogen) atoms. The van der Waals surface area contributed by atoms with E-state index in [2.05, 4.69) is 5.16 Å². The van der Waals surface area contributed by atoms with Crippen molar-refractivity contribution in [1.29, 1.82) is 0 Å². The smallest absolute Gasteiger partial charge is 0.303 e. The van der Waals surface area contributed by atoms with Gasteiger partial charge in [-0.25, -0.2) is 0 Å². The lowest BCUT2D eigenvalue weighted by Crippen LogP contribution is -2.44. The highest BCUT2D eigenvalue weighted by molar-refractivity contribution is 5.79. The lowest BCUT2D eigenvalue weighted by Gasteiger charge is -2.35. The molecule has 0 aromatic carbocycles. The highest BCUT2D eigenvalue weighted by atomic mass is 16.5. The number of nitrogens with zero attached hydrogens (tertiary/aromatic N) is 2. The molecule has 1 fully saturated rings. The molecular formula is C15H22N2O4. The normalized spacial score (nSPS) is 18.8. The Labute approximate surface area is 124 Å². The Kier molecular flexibility index (Phi) is 4.98. The molecule has 1 N–H and O–H groups in total. The minimum absolute atomic E-state index is 0.0412. The van der Waals surface area contributed by atoms with Crippen LogP contribution in [0.5, 0.6) is 0 Å². The van der Waals surface area contributed by atoms with Crippen molar-refractivity contribution < 1.29 is 19.2 Å². The molecule has 0 spiro atoms. The van der Waals surface area contributed by atoms with Crippen molar-refractivity contribution in [1.82, 2.24) is 10.1 Å². The third-order valence-corrected chi connectivity index (χ3v) is 4.15. The van der Waals surface area contributed by atoms with E-state index >= 15 is 0 Å². The number of aromatic nitrogens is 1. The minimum atomic E-state index is -0.807. The maximum Gasteiger partial charge on any atom is 0.303 e. The third kappa shape index (κ3) is 3.83. The molecule has 6 nitrogen and oxygen atoms in total. The summed E-state index contributed by atoms with van der Waals surface area (Å²) >= 11 is 0. The lowest BCUT2D eigenvalue weighted by molar-refractivity contribution is -0.139. The summed E-state index contributed by atoms with van der Waals surface area (Å²) in [4.78, 5) is 25.1. The van der Waals surface area contributed by atoms with Crippen LogP contribution in [0.25, 0.3) is 0 Å². The Morgan fingerprint density at radius 3 is 2.76 bits per heavy atom. The van der Waals surface area contributed by atoms with E-state index in [9.17, 15) is 9.59 Å². The van der Waals surface area contributed by atoms with E-state index in [-0.39, 0.29) is 24.8 Å². The molecule has 2 heterocycles. The quantitative estimate of drug-likeness (QED) is 0.898. The second kappa shape index (κ2) is 6.74. The lowest BCUT2D eigenvalue weighted by atomic mass is 9.97. The summed E-state index contributed by atoms with van der Waals surface area (Å²) in [6, 6.07) is 0.0443. The zero-order valence-corrected chi connectivity index (χ0v) is 12.6. The van der Waals surface area contributed by atoms with Crippen LogP contribution in [0.2, 0.25) is 0 Å². The number of rotatable bonds is 5. The molecule has 1 aromatic rings. The number of amides is 1. The number of hydrogen-bond acceptors (Lipinski definition) is 4. The van der Waals surface area contributed by atoms with Gasteiger partial charge in [0, 0.05) is 24.6 Å². The Hall–Kier alpha value is -1.85. The fourth-order valence-electron chi connectivity index (χ4n) is 2.93. The molecule has 1 aliphatic heterocycles. The molecule has 0 saturated carbocycles. The van der Waals surface area contributed by atoms with Crippen LogP contribution in [0.4, 0.5) is 0 Å². The van der Waals surface area contributed by atoms with E-state index in [4.69, 9.17) is 9.63 Å². The van der Waals surface area contributed by atoms with Crippen molar-refractivity contribution in [3.05, 3.63) is 17.0 Å². The van der Waals surface area contributed by atoms with Gasteiger partial charge in [-0.1, -0.05) is 5.16 Å². The van der Waals surface area contributed by atoms with Crippen molar-refractivity contribution in [2.75, 3.05) is 6.54 Å². The summed E-state index contributed by atoms with van der Waals surface area (Å²) in [5.74, 6) is -0.0851. The highest BCUT2D eigenvalue weighted by Gasteiger charge is 2.28. The molecule has 1 aromatic heterocycles. The van der Waals surface area contributed by atoms with Crippen molar-refractivity contribution in [3.8, 4) is 0 Å². The van der Waals surface area contributed by atoms with Crippen LogP contribution < -0.4 is 0 Å². The van der Waals surface area contributed by atoms with Crippen LogP contribution in [-0.4, -0.2) is 39.6 Å². The van der Waals surface area contributed by atoms with Gasteiger partial charge in [0.05, 0.1) is 12.1 Å². The molecule has 2 rings (SSSR count). The summed E-state index contributed by atoms with van der Waals surface area (Å²) in [6.45, 7) is 4.35. The van der Waals surface area contributed by atoms with Crippen LogP contribution >= 0.6 is 0 Å². The fraction of sp³-hybridized carbons (Fsp3) is 0.667. The molecular weight excluding hydrogens is 272 g/mol. The van der Waals surface area contributed by atoms with Crippen LogP contribution in [0.1, 0.15) is 49.1 Å². The second-order valence-electron chi connectivity index (χ2n) is 5.65. The van der Waals surface area contributed by atoms with Gasteiger partial charge >= 0.3 is 5.97 Å². The van der Waals surface area contributed by atoms with Gasteiger partial charge in [0.25, 0.3) is 0 Å². The number of carboxylic acids is 1. The zero-order chi connectivity index (χ0) is 15.4. The van der Waals surface area contributed by atoms with E-state index in [0.29, 0.717) is 18.7 Å². The van der Waals surface area contributed by atoms with Crippen LogP contribution in [-0.2, 0) is 16.0 Å². The Morgan fingerprint density at radius 1 is 1.38 bits per heavy atom. The molecule has 0 bridgehead atoms. The number of likely N-dealkylation sites (tertiary alicyclic amines) is 1. The number of carboxylic acid groups (broad SMARTS) is 1. The van der Waals surface area contributed by atoms with Gasteiger partial charge in [0.15, 0.2) is 0 Å². The van der Waals surface area contributed by atoms with Crippen molar-refractivity contribution in [2.24, 2.45) is 0 Å². The summed E-state index contributed by atoms with van der Waals surface area (Å²) in [7, 11) is 0. The SMILES string of the molecule is Cc1noc(C)c1CC(=O)N1CCCCC1CCC(=O)O. The fourth-order valence-corrected chi connectivity index (χ4v) is 2.93. The largest absolute Gasteiger partial charge is 0.481 e. The first kappa shape index (κ1) is 15.5. The molecule has 0 radical (unpaired) electrons. The minimum Gasteiger partial charge on any atom is -0.481 e. The molecule has 116 valence electrons. The van der Waals surface area contributed by atoms with Gasteiger partial charge in [0.2, 0.25) is 5.91 Å². The predicted octanol–water partition coefficient (Wildman–Crippen LogP) is 2.08. The molecule has 1 aliphatic rings. The van der Waals surface area contributed by atoms with Gasteiger partial charge in [0.1, 0.15) is 5.76 Å². The Balaban J connectivity index is 2.03. The second-order valence-corrected chi connectivity index (χ2v) is 5.65. The number of aryl methyl sites for hydroxylation is 2. The van der Waals surface area contributed by atoms with Crippen LogP contribution in [0.15, 0.2) is 4.52 Å². The topological polar surface area (TPSA) is 83.6 Å². The third-order valence-electron chi connectivity index (χ3n) is 4.15. The Bertz CT molecular complexity index is 504. The molecule has 1 atom stereocenters. The van der Waals surface area contributed by atoms with Gasteiger partial charge in [-0.05, 0) is 39.5 Å². The average molecular weight is 294 g/mol. The molecule has 6 heteroatoms. The van der Waals surface area contributed by atoms with Gasteiger partial charge in [-0.2, -0.15) is 0 Å². The first-order chi connectivity index (χ1) is 9.99. The number of carbonyl (C=O) groups is 2. The predicted molar refractivity (Wildman–Crippen MR) is 75.9 cm³/mol. The van der Waals surface area contributed by atoms with Crippen molar-refractivity contribution in [3.63, 3.8) is 0 Å². The summed E-state index contributed by atoms with van der Waals surface area (Å²) in [5, 5.41) is 12.7. The van der Waals surface area contributed by atoms with Crippen LogP contribution in [0, 0.1) is 13.8 Å². The van der Waals surface area contributed by atoms with E-state index in [1.54, 1.807) is 6.92 Å². The number of hydrogen-bond donors (Lipinski definition) is 1. The van der Waals surface area contributed by atoms with Gasteiger partial charge < -0.3 is 14.5 Å². The van der Waals surface area contributed by atoms with E-state index in [1.165, 1.54) is 0 Å². The van der Waals surface area contributed by atoms with E-state index in [0.717, 1.165) is 30.5 Å². The molecule has 1 saturated heterocycles. The summed E-state index contributed by atoms with van der Waals surface area (Å²) in [5.41, 5.74) is 1.60. The number of aliphatic carboxylic acids is 1. The first-order valence-corrected chi connectivity index (χ1v) is 7.42. The van der Waals surface area contributed by atoms with E-state index < -0.39 is 5.97 Å². The van der Waals surface area contributed by atoms with E-state index in [1.807, 2.05) is 11.8 Å². The number of piperidine rings is 1. The summed E-state index contributed by atoms with van der Waals surface area (Å²) < 4.78 is 5.09. The maximum absolute atomic E-state index is 12.5. The monoisotopic (exact) mass is 294 g/mol. The van der Waals surface area contributed by atoms with Gasteiger partial charge in [-0.3, -0.25) is 9.59 Å². The Morgan fingerprint density at radius 2 is 2.14 bits per heavy atom. The first-order valence-electron chi connectivity index (χ1n) is 7.42. The zero-order valence-electron chi connectivity index (χ0n) is 12.6. The van der Waals surface area contributed by atoms with Crippen molar-refractivity contribution in [2.45, 2.75) is 58.4 Å². The van der Waals surface area contributed by atoms with Gasteiger partial charge in [-0.15, -0.1) is 0 Å². The highest BCUT2D eigenvalue weighted by Crippen LogP contribution is 2.23. The molecule has 0 aliphatic carbocycles. The standard InChI is InChI=1S/C15H22N2O4/c1-10-13(11(2)21-16-10)9-14(18)17-8-4-3-5-12(17)6-7-15(19)20/h12H,3-9H2,1-2H3,(H,19,20). The average Bonchev–Trinajstić information content (AvgIpc) is 2.77. The van der Waals surface area contributed by atoms with Crippen molar-refractivity contribution >= 4 is 11.9 Å². The van der Waals surface area contributed by atoms with Crippen LogP contribution in [0.3, 0.4) is 0 Å². The number of carbonyl (C=O) groups excluding carboxylic acids is 1. The summed E-state index contributed by atoms with van der Waals surface area (Å²) in [6.07, 6.45) is 3.85. The molecule has 1 amide bonds. The maximum atomic E-state index is 12.5. The molecule has 1 unspecified atom stereocenters.